The fourth-order valence-corrected chi connectivity index (χ4v) is 5.48. The molecule has 1 N–H and O–H groups in total. The fraction of sp³-hybridized carbons (Fsp3) is 0.214. The highest BCUT2D eigenvalue weighted by atomic mass is 16.2. The van der Waals surface area contributed by atoms with Crippen molar-refractivity contribution in [3.8, 4) is 0 Å². The Morgan fingerprint density at radius 1 is 0.909 bits per heavy atom. The molecule has 0 bridgehead atoms. The Morgan fingerprint density at radius 2 is 1.64 bits per heavy atom. The lowest BCUT2D eigenvalue weighted by molar-refractivity contribution is -0.159. The predicted molar refractivity (Wildman–Crippen MR) is 128 cm³/mol. The van der Waals surface area contributed by atoms with Crippen molar-refractivity contribution in [3.05, 3.63) is 107 Å². The highest BCUT2D eigenvalue weighted by Crippen LogP contribution is 2.43. The van der Waals surface area contributed by atoms with Crippen LogP contribution in [0.3, 0.4) is 0 Å². The van der Waals surface area contributed by atoms with Gasteiger partial charge in [-0.25, -0.2) is 0 Å². The normalized spacial score (nSPS) is 20.2. The topological polar surface area (TPSA) is 56.4 Å². The molecule has 1 unspecified atom stereocenters. The van der Waals surface area contributed by atoms with Gasteiger partial charge in [-0.05, 0) is 35.2 Å². The molecular formula is C28H25N3O2. The summed E-state index contributed by atoms with van der Waals surface area (Å²) in [6.07, 6.45) is 0.525. The number of aryl methyl sites for hydroxylation is 1. The van der Waals surface area contributed by atoms with Gasteiger partial charge in [-0.1, -0.05) is 72.8 Å². The number of piperazine rings is 1. The van der Waals surface area contributed by atoms with Crippen molar-refractivity contribution in [1.29, 1.82) is 0 Å². The number of hydrogen-bond acceptors (Lipinski definition) is 2. The van der Waals surface area contributed by atoms with Crippen LogP contribution in [-0.4, -0.2) is 39.2 Å². The Morgan fingerprint density at radius 3 is 2.45 bits per heavy atom. The van der Waals surface area contributed by atoms with Crippen LogP contribution in [0.1, 0.15) is 34.0 Å². The Kier molecular flexibility index (Phi) is 4.57. The average molecular weight is 436 g/mol. The summed E-state index contributed by atoms with van der Waals surface area (Å²) in [4.78, 5) is 34.5. The third-order valence-electron chi connectivity index (χ3n) is 7.04. The van der Waals surface area contributed by atoms with E-state index in [1.54, 1.807) is 4.90 Å². The largest absolute Gasteiger partial charge is 0.356 e. The van der Waals surface area contributed by atoms with Crippen LogP contribution >= 0.6 is 0 Å². The molecule has 3 aromatic carbocycles. The number of benzene rings is 3. The molecule has 2 aliphatic heterocycles. The molecule has 2 aliphatic rings. The lowest BCUT2D eigenvalue weighted by Gasteiger charge is -2.47. The third-order valence-corrected chi connectivity index (χ3v) is 7.04. The summed E-state index contributed by atoms with van der Waals surface area (Å²) in [5.41, 5.74) is 6.42. The number of nitrogens with zero attached hydrogens (tertiary/aromatic N) is 2. The Labute approximate surface area is 192 Å². The fourth-order valence-electron chi connectivity index (χ4n) is 5.48. The van der Waals surface area contributed by atoms with Gasteiger partial charge in [0.25, 0.3) is 0 Å². The number of H-pyrrole nitrogens is 1. The van der Waals surface area contributed by atoms with Crippen molar-refractivity contribution < 1.29 is 9.59 Å². The number of fused-ring (bicyclic) bond motifs is 4. The van der Waals surface area contributed by atoms with Gasteiger partial charge in [0.15, 0.2) is 0 Å². The molecule has 5 nitrogen and oxygen atoms in total. The molecule has 1 saturated heterocycles. The van der Waals surface area contributed by atoms with Gasteiger partial charge in [0, 0.05) is 29.6 Å². The number of amides is 2. The smallest absolute Gasteiger partial charge is 0.246 e. The van der Waals surface area contributed by atoms with E-state index in [1.165, 1.54) is 0 Å². The summed E-state index contributed by atoms with van der Waals surface area (Å²) >= 11 is 0. The lowest BCUT2D eigenvalue weighted by Crippen LogP contribution is -2.62. The van der Waals surface area contributed by atoms with E-state index in [9.17, 15) is 9.59 Å². The Balaban J connectivity index is 1.48. The standard InChI is InChI=1S/C28H25N3O2/c1-18-9-5-6-12-20(18)27-26-22(21-13-7-8-14-23(21)29-26)15-24-28(33)30(17-25(32)31(24)27)16-19-10-3-2-4-11-19/h2-14,24,27,29H,15-17H2,1H3/t24-,27?/m0/s1. The zero-order valence-electron chi connectivity index (χ0n) is 18.5. The van der Waals surface area contributed by atoms with E-state index in [1.807, 2.05) is 59.5 Å². The number of aromatic nitrogens is 1. The first-order chi connectivity index (χ1) is 16.1. The molecule has 164 valence electrons. The zero-order valence-corrected chi connectivity index (χ0v) is 18.5. The van der Waals surface area contributed by atoms with Crippen LogP contribution in [-0.2, 0) is 22.6 Å². The molecule has 1 aromatic heterocycles. The molecule has 6 rings (SSSR count). The van der Waals surface area contributed by atoms with Gasteiger partial charge in [-0.3, -0.25) is 9.59 Å². The van der Waals surface area contributed by atoms with Crippen molar-refractivity contribution >= 4 is 22.7 Å². The summed E-state index contributed by atoms with van der Waals surface area (Å²) in [5.74, 6) is 0.0149. The summed E-state index contributed by atoms with van der Waals surface area (Å²) in [6, 6.07) is 25.4. The first kappa shape index (κ1) is 19.8. The van der Waals surface area contributed by atoms with Gasteiger partial charge in [-0.15, -0.1) is 0 Å². The van der Waals surface area contributed by atoms with Crippen LogP contribution < -0.4 is 0 Å². The average Bonchev–Trinajstić information content (AvgIpc) is 3.21. The first-order valence-corrected chi connectivity index (χ1v) is 11.4. The minimum Gasteiger partial charge on any atom is -0.356 e. The van der Waals surface area contributed by atoms with Gasteiger partial charge in [0.1, 0.15) is 12.6 Å². The second-order valence-electron chi connectivity index (χ2n) is 9.02. The molecule has 0 radical (unpaired) electrons. The maximum Gasteiger partial charge on any atom is 0.246 e. The first-order valence-electron chi connectivity index (χ1n) is 11.4. The summed E-state index contributed by atoms with van der Waals surface area (Å²) in [5, 5.41) is 1.13. The molecule has 3 heterocycles. The van der Waals surface area contributed by atoms with Crippen LogP contribution in [0.2, 0.25) is 0 Å². The number of carbonyl (C=O) groups is 2. The van der Waals surface area contributed by atoms with E-state index >= 15 is 0 Å². The van der Waals surface area contributed by atoms with Crippen molar-refractivity contribution in [3.63, 3.8) is 0 Å². The van der Waals surface area contributed by atoms with Crippen molar-refractivity contribution in [2.45, 2.75) is 32.0 Å². The van der Waals surface area contributed by atoms with E-state index in [2.05, 4.69) is 36.2 Å². The van der Waals surface area contributed by atoms with Crippen LogP contribution in [0.4, 0.5) is 0 Å². The molecule has 0 saturated carbocycles. The van der Waals surface area contributed by atoms with E-state index in [0.29, 0.717) is 13.0 Å². The van der Waals surface area contributed by atoms with Gasteiger partial charge in [0.05, 0.1) is 6.04 Å². The maximum atomic E-state index is 13.8. The molecule has 4 aromatic rings. The Bertz CT molecular complexity index is 1370. The van der Waals surface area contributed by atoms with Crippen LogP contribution in [0.15, 0.2) is 78.9 Å². The highest BCUT2D eigenvalue weighted by molar-refractivity contribution is 5.97. The third kappa shape index (κ3) is 3.15. The molecule has 0 aliphatic carbocycles. The highest BCUT2D eigenvalue weighted by Gasteiger charge is 2.48. The van der Waals surface area contributed by atoms with Crippen LogP contribution in [0, 0.1) is 6.92 Å². The van der Waals surface area contributed by atoms with Gasteiger partial charge >= 0.3 is 0 Å². The molecule has 0 spiro atoms. The van der Waals surface area contributed by atoms with E-state index < -0.39 is 6.04 Å². The van der Waals surface area contributed by atoms with E-state index in [4.69, 9.17) is 0 Å². The number of nitrogens with one attached hydrogen (secondary N) is 1. The lowest BCUT2D eigenvalue weighted by atomic mass is 9.85. The van der Waals surface area contributed by atoms with Crippen LogP contribution in [0.25, 0.3) is 10.9 Å². The molecule has 33 heavy (non-hydrogen) atoms. The SMILES string of the molecule is Cc1ccccc1C1c2[nH]c3ccccc3c2C[C@H]2C(=O)N(Cc3ccccc3)CC(=O)N12. The van der Waals surface area contributed by atoms with Crippen molar-refractivity contribution in [2.24, 2.45) is 0 Å². The molecular weight excluding hydrogens is 410 g/mol. The second kappa shape index (κ2) is 7.62. The summed E-state index contributed by atoms with van der Waals surface area (Å²) in [7, 11) is 0. The van der Waals surface area contributed by atoms with E-state index in [0.717, 1.165) is 38.9 Å². The van der Waals surface area contributed by atoms with Crippen molar-refractivity contribution in [1.82, 2.24) is 14.8 Å². The van der Waals surface area contributed by atoms with E-state index in [-0.39, 0.29) is 24.4 Å². The van der Waals surface area contributed by atoms with Gasteiger partial charge < -0.3 is 14.8 Å². The monoisotopic (exact) mass is 435 g/mol. The van der Waals surface area contributed by atoms with Crippen molar-refractivity contribution in [2.75, 3.05) is 6.54 Å². The number of carbonyl (C=O) groups excluding carboxylic acids is 2. The van der Waals surface area contributed by atoms with Gasteiger partial charge in [0.2, 0.25) is 11.8 Å². The van der Waals surface area contributed by atoms with Crippen LogP contribution in [0.5, 0.6) is 0 Å². The summed E-state index contributed by atoms with van der Waals surface area (Å²) < 4.78 is 0. The quantitative estimate of drug-likeness (QED) is 0.520. The number of aromatic amines is 1. The minimum atomic E-state index is -0.508. The number of rotatable bonds is 3. The molecule has 2 atom stereocenters. The van der Waals surface area contributed by atoms with Gasteiger partial charge in [-0.2, -0.15) is 0 Å². The number of hydrogen-bond donors (Lipinski definition) is 1. The number of para-hydroxylation sites is 1. The molecule has 5 heteroatoms. The molecule has 1 fully saturated rings. The summed E-state index contributed by atoms with van der Waals surface area (Å²) in [6.45, 7) is 2.62. The zero-order chi connectivity index (χ0) is 22.5. The second-order valence-corrected chi connectivity index (χ2v) is 9.02. The Hall–Kier alpha value is -3.86. The minimum absolute atomic E-state index is 0.00640. The predicted octanol–water partition coefficient (Wildman–Crippen LogP) is 4.36. The molecule has 2 amide bonds. The maximum absolute atomic E-state index is 13.8.